The van der Waals surface area contributed by atoms with E-state index < -0.39 is 23.7 Å². The van der Waals surface area contributed by atoms with Crippen molar-refractivity contribution < 1.29 is 23.9 Å². The molecule has 1 aromatic rings. The Bertz CT molecular complexity index is 533. The second kappa shape index (κ2) is 8.67. The number of nitrogens with one attached hydrogen (secondary N) is 1. The maximum absolute atomic E-state index is 11.9. The number of alkyl carbamates (subject to hydrolysis) is 1. The van der Waals surface area contributed by atoms with Crippen molar-refractivity contribution in [2.24, 2.45) is 0 Å². The lowest BCUT2D eigenvalue weighted by Crippen LogP contribution is -2.44. The summed E-state index contributed by atoms with van der Waals surface area (Å²) in [4.78, 5) is 36.1. The van der Waals surface area contributed by atoms with Gasteiger partial charge in [-0.25, -0.2) is 9.59 Å². The first-order valence-electron chi connectivity index (χ1n) is 7.37. The maximum atomic E-state index is 11.9. The molecule has 0 aliphatic carbocycles. The summed E-state index contributed by atoms with van der Waals surface area (Å²) in [6.45, 7) is 5.21. The smallest absolute Gasteiger partial charge is 0.408 e. The van der Waals surface area contributed by atoms with Crippen LogP contribution in [0.3, 0.4) is 0 Å². The van der Waals surface area contributed by atoms with E-state index >= 15 is 0 Å². The van der Waals surface area contributed by atoms with Gasteiger partial charge in [0.25, 0.3) is 0 Å². The van der Waals surface area contributed by atoms with Crippen molar-refractivity contribution >= 4 is 29.2 Å². The highest BCUT2D eigenvalue weighted by Crippen LogP contribution is 2.14. The van der Waals surface area contributed by atoms with Gasteiger partial charge in [0.1, 0.15) is 11.6 Å². The van der Waals surface area contributed by atoms with Crippen LogP contribution >= 0.6 is 11.3 Å². The van der Waals surface area contributed by atoms with E-state index in [0.29, 0.717) is 24.1 Å². The Kier molecular flexibility index (Phi) is 7.22. The zero-order valence-electron chi connectivity index (χ0n) is 13.9. The van der Waals surface area contributed by atoms with E-state index in [1.165, 1.54) is 18.4 Å². The third kappa shape index (κ3) is 7.27. The summed E-state index contributed by atoms with van der Waals surface area (Å²) in [5.74, 6) is -0.527. The summed E-state index contributed by atoms with van der Waals surface area (Å²) in [6, 6.07) is 2.76. The van der Waals surface area contributed by atoms with Crippen molar-refractivity contribution in [2.45, 2.75) is 51.7 Å². The molecule has 0 saturated carbocycles. The van der Waals surface area contributed by atoms with E-state index in [2.05, 4.69) is 10.1 Å². The molecule has 0 aliphatic rings. The number of ether oxygens (including phenoxy) is 2. The number of Topliss-reactive ketones (excluding diaryl/α,β-unsaturated/α-hetero) is 1. The maximum Gasteiger partial charge on any atom is 0.408 e. The highest BCUT2D eigenvalue weighted by atomic mass is 32.1. The third-order valence-electron chi connectivity index (χ3n) is 2.87. The van der Waals surface area contributed by atoms with Crippen molar-refractivity contribution in [1.29, 1.82) is 0 Å². The summed E-state index contributed by atoms with van der Waals surface area (Å²) in [7, 11) is 1.25. The van der Waals surface area contributed by atoms with Gasteiger partial charge < -0.3 is 14.8 Å². The van der Waals surface area contributed by atoms with Gasteiger partial charge in [-0.2, -0.15) is 0 Å². The average molecular weight is 341 g/mol. The Morgan fingerprint density at radius 2 is 2.00 bits per heavy atom. The van der Waals surface area contributed by atoms with Crippen LogP contribution < -0.4 is 5.32 Å². The molecule has 0 spiro atoms. The first kappa shape index (κ1) is 19.2. The Labute approximate surface area is 140 Å². The Morgan fingerprint density at radius 3 is 2.52 bits per heavy atom. The quantitative estimate of drug-likeness (QED) is 0.608. The van der Waals surface area contributed by atoms with Gasteiger partial charge in [0, 0.05) is 6.42 Å². The Hall–Kier alpha value is -1.89. The molecule has 23 heavy (non-hydrogen) atoms. The van der Waals surface area contributed by atoms with Gasteiger partial charge in [-0.05, 0) is 45.1 Å². The highest BCUT2D eigenvalue weighted by molar-refractivity contribution is 7.12. The van der Waals surface area contributed by atoms with Gasteiger partial charge in [0.15, 0.2) is 5.78 Å². The minimum absolute atomic E-state index is 0.0286. The van der Waals surface area contributed by atoms with Crippen LogP contribution in [0.4, 0.5) is 4.79 Å². The van der Waals surface area contributed by atoms with Crippen molar-refractivity contribution in [3.05, 3.63) is 22.4 Å². The first-order valence-corrected chi connectivity index (χ1v) is 8.25. The number of carbonyl (C=O) groups excluding carboxylic acids is 3. The summed E-state index contributed by atoms with van der Waals surface area (Å²) in [6.07, 6.45) is 0.400. The molecule has 1 N–H and O–H groups in total. The number of hydrogen-bond donors (Lipinski definition) is 1. The normalized spacial score (nSPS) is 12.3. The molecule has 128 valence electrons. The number of carbonyl (C=O) groups is 3. The first-order chi connectivity index (χ1) is 10.7. The van der Waals surface area contributed by atoms with Crippen LogP contribution in [0.25, 0.3) is 0 Å². The van der Waals surface area contributed by atoms with Gasteiger partial charge in [-0.15, -0.1) is 11.3 Å². The monoisotopic (exact) mass is 341 g/mol. The summed E-state index contributed by atoms with van der Waals surface area (Å²) >= 11 is 1.39. The Morgan fingerprint density at radius 1 is 1.30 bits per heavy atom. The molecule has 0 fully saturated rings. The van der Waals surface area contributed by atoms with Crippen molar-refractivity contribution in [2.75, 3.05) is 7.11 Å². The number of thiophene rings is 1. The van der Waals surface area contributed by atoms with Crippen LogP contribution in [0.15, 0.2) is 17.5 Å². The molecule has 1 atom stereocenters. The molecular weight excluding hydrogens is 318 g/mol. The number of ketones is 1. The molecule has 0 aliphatic heterocycles. The third-order valence-corrected chi connectivity index (χ3v) is 3.78. The fourth-order valence-corrected chi connectivity index (χ4v) is 2.56. The van der Waals surface area contributed by atoms with E-state index in [1.54, 1.807) is 26.8 Å². The topological polar surface area (TPSA) is 81.7 Å². The van der Waals surface area contributed by atoms with Gasteiger partial charge >= 0.3 is 12.1 Å². The summed E-state index contributed by atoms with van der Waals surface area (Å²) in [5.41, 5.74) is -0.653. The Balaban J connectivity index is 2.50. The lowest BCUT2D eigenvalue weighted by atomic mass is 10.1. The van der Waals surface area contributed by atoms with Crippen LogP contribution in [-0.4, -0.2) is 36.6 Å². The van der Waals surface area contributed by atoms with Crippen LogP contribution in [-0.2, 0) is 14.3 Å². The van der Waals surface area contributed by atoms with Crippen LogP contribution in [0.2, 0.25) is 0 Å². The van der Waals surface area contributed by atoms with E-state index in [1.807, 2.05) is 11.4 Å². The zero-order chi connectivity index (χ0) is 17.5. The highest BCUT2D eigenvalue weighted by Gasteiger charge is 2.25. The van der Waals surface area contributed by atoms with E-state index in [4.69, 9.17) is 4.74 Å². The molecule has 0 radical (unpaired) electrons. The molecule has 1 heterocycles. The number of esters is 1. The van der Waals surface area contributed by atoms with Gasteiger partial charge in [0.05, 0.1) is 12.0 Å². The van der Waals surface area contributed by atoms with Crippen LogP contribution in [0.1, 0.15) is 49.7 Å². The summed E-state index contributed by atoms with van der Waals surface area (Å²) in [5, 5.41) is 4.33. The molecule has 7 heteroatoms. The molecular formula is C16H23NO5S. The molecule has 0 aromatic carbocycles. The van der Waals surface area contributed by atoms with Gasteiger partial charge in [-0.1, -0.05) is 6.07 Å². The predicted molar refractivity (Wildman–Crippen MR) is 87.7 cm³/mol. The molecule has 1 aromatic heterocycles. The molecule has 1 rings (SSSR count). The van der Waals surface area contributed by atoms with E-state index in [-0.39, 0.29) is 5.78 Å². The average Bonchev–Trinajstić information content (AvgIpc) is 2.97. The molecule has 6 nitrogen and oxygen atoms in total. The zero-order valence-corrected chi connectivity index (χ0v) is 14.7. The lowest BCUT2D eigenvalue weighted by Gasteiger charge is -2.22. The lowest BCUT2D eigenvalue weighted by molar-refractivity contribution is -0.143. The fourth-order valence-electron chi connectivity index (χ4n) is 1.87. The molecule has 0 saturated heterocycles. The SMILES string of the molecule is COC(=O)C(CCCC(=O)c1cccs1)NC(=O)OC(C)(C)C. The van der Waals surface area contributed by atoms with Gasteiger partial charge in [0.2, 0.25) is 0 Å². The van der Waals surface area contributed by atoms with E-state index in [0.717, 1.165) is 0 Å². The van der Waals surface area contributed by atoms with Crippen molar-refractivity contribution in [3.63, 3.8) is 0 Å². The largest absolute Gasteiger partial charge is 0.467 e. The predicted octanol–water partition coefficient (Wildman–Crippen LogP) is 3.17. The van der Waals surface area contributed by atoms with Crippen LogP contribution in [0, 0.1) is 0 Å². The van der Waals surface area contributed by atoms with E-state index in [9.17, 15) is 14.4 Å². The fraction of sp³-hybridized carbons (Fsp3) is 0.562. The van der Waals surface area contributed by atoms with Crippen LogP contribution in [0.5, 0.6) is 0 Å². The minimum Gasteiger partial charge on any atom is -0.467 e. The second-order valence-corrected chi connectivity index (χ2v) is 6.96. The molecule has 1 unspecified atom stereocenters. The molecule has 0 bridgehead atoms. The van der Waals surface area contributed by atoms with Gasteiger partial charge in [-0.3, -0.25) is 4.79 Å². The number of methoxy groups -OCH3 is 1. The second-order valence-electron chi connectivity index (χ2n) is 6.01. The van der Waals surface area contributed by atoms with Crippen molar-refractivity contribution in [1.82, 2.24) is 5.32 Å². The number of rotatable bonds is 7. The van der Waals surface area contributed by atoms with Crippen molar-refractivity contribution in [3.8, 4) is 0 Å². The minimum atomic E-state index is -0.828. The number of amides is 1. The summed E-state index contributed by atoms with van der Waals surface area (Å²) < 4.78 is 9.81. The standard InChI is InChI=1S/C16H23NO5S/c1-16(2,3)22-15(20)17-11(14(19)21-4)7-5-8-12(18)13-9-6-10-23-13/h6,9-11H,5,7-8H2,1-4H3,(H,17,20). The molecule has 1 amide bonds. The number of hydrogen-bond acceptors (Lipinski definition) is 6.